The third-order valence-electron chi connectivity index (χ3n) is 5.50. The van der Waals surface area contributed by atoms with Crippen molar-refractivity contribution in [2.24, 2.45) is 5.92 Å². The highest BCUT2D eigenvalue weighted by Crippen LogP contribution is 2.28. The lowest BCUT2D eigenvalue weighted by Gasteiger charge is -2.09. The Balaban J connectivity index is 1.42. The predicted molar refractivity (Wildman–Crippen MR) is 115 cm³/mol. The van der Waals surface area contributed by atoms with Gasteiger partial charge in [-0.1, -0.05) is 49.9 Å². The van der Waals surface area contributed by atoms with Gasteiger partial charge in [-0.15, -0.1) is 0 Å². The molecule has 0 unspecified atom stereocenters. The van der Waals surface area contributed by atoms with Crippen LogP contribution in [0, 0.1) is 5.92 Å². The van der Waals surface area contributed by atoms with E-state index in [9.17, 15) is 14.4 Å². The van der Waals surface area contributed by atoms with Crippen molar-refractivity contribution in [3.05, 3.63) is 65.2 Å². The summed E-state index contributed by atoms with van der Waals surface area (Å²) in [4.78, 5) is 36.6. The minimum Gasteiger partial charge on any atom is -0.497 e. The van der Waals surface area contributed by atoms with Gasteiger partial charge in [-0.3, -0.25) is 14.9 Å². The Kier molecular flexibility index (Phi) is 7.60. The fourth-order valence-corrected chi connectivity index (χ4v) is 3.73. The molecule has 3 amide bonds. The van der Waals surface area contributed by atoms with Crippen molar-refractivity contribution in [2.75, 3.05) is 13.7 Å². The first kappa shape index (κ1) is 21.6. The largest absolute Gasteiger partial charge is 0.497 e. The Hall–Kier alpha value is -3.15. The molecule has 1 saturated carbocycles. The minimum absolute atomic E-state index is 0.116. The van der Waals surface area contributed by atoms with Gasteiger partial charge < -0.3 is 10.1 Å². The number of carbonyl (C=O) groups is 3. The standard InChI is InChI=1S/C24H28N2O4/c1-30-21-12-6-17(7-13-21)14-15-25-24(29)26-23(28)20-10-8-19(9-11-20)22(27)16-18-4-2-3-5-18/h6-13,18H,2-5,14-16H2,1H3,(H2,25,26,28,29). The van der Waals surface area contributed by atoms with Gasteiger partial charge in [-0.2, -0.15) is 0 Å². The highest BCUT2D eigenvalue weighted by molar-refractivity contribution is 6.05. The van der Waals surface area contributed by atoms with Crippen molar-refractivity contribution in [1.82, 2.24) is 10.6 Å². The van der Waals surface area contributed by atoms with Crippen LogP contribution in [0.3, 0.4) is 0 Å². The number of nitrogens with one attached hydrogen (secondary N) is 2. The molecule has 2 aromatic rings. The first-order valence-corrected chi connectivity index (χ1v) is 10.4. The zero-order chi connectivity index (χ0) is 21.3. The normalized spacial score (nSPS) is 13.6. The highest BCUT2D eigenvalue weighted by Gasteiger charge is 2.19. The second-order valence-corrected chi connectivity index (χ2v) is 7.66. The Morgan fingerprint density at radius 3 is 2.20 bits per heavy atom. The Bertz CT molecular complexity index is 869. The number of ether oxygens (including phenoxy) is 1. The molecule has 1 aliphatic rings. The van der Waals surface area contributed by atoms with Crippen molar-refractivity contribution in [2.45, 2.75) is 38.5 Å². The van der Waals surface area contributed by atoms with Crippen LogP contribution in [0.2, 0.25) is 0 Å². The van der Waals surface area contributed by atoms with E-state index >= 15 is 0 Å². The van der Waals surface area contributed by atoms with Crippen LogP contribution in [0.25, 0.3) is 0 Å². The van der Waals surface area contributed by atoms with Gasteiger partial charge in [0.25, 0.3) is 5.91 Å². The zero-order valence-corrected chi connectivity index (χ0v) is 17.3. The summed E-state index contributed by atoms with van der Waals surface area (Å²) < 4.78 is 5.11. The summed E-state index contributed by atoms with van der Waals surface area (Å²) in [6.45, 7) is 0.403. The van der Waals surface area contributed by atoms with E-state index in [2.05, 4.69) is 10.6 Å². The molecule has 6 nitrogen and oxygen atoms in total. The van der Waals surface area contributed by atoms with Crippen molar-refractivity contribution in [3.8, 4) is 5.75 Å². The maximum absolute atomic E-state index is 12.4. The summed E-state index contributed by atoms with van der Waals surface area (Å²) in [6, 6.07) is 13.5. The average Bonchev–Trinajstić information content (AvgIpc) is 3.27. The first-order chi connectivity index (χ1) is 14.5. The highest BCUT2D eigenvalue weighted by atomic mass is 16.5. The van der Waals surface area contributed by atoms with E-state index in [1.165, 1.54) is 12.8 Å². The fraction of sp³-hybridized carbons (Fsp3) is 0.375. The third kappa shape index (κ3) is 6.17. The van der Waals surface area contributed by atoms with E-state index in [0.29, 0.717) is 36.4 Å². The molecule has 6 heteroatoms. The van der Waals surface area contributed by atoms with Crippen molar-refractivity contribution in [1.29, 1.82) is 0 Å². The number of urea groups is 1. The molecule has 0 aromatic heterocycles. The van der Waals surface area contributed by atoms with Crippen LogP contribution in [0.15, 0.2) is 48.5 Å². The average molecular weight is 408 g/mol. The molecule has 1 fully saturated rings. The number of hydrogen-bond donors (Lipinski definition) is 2. The number of hydrogen-bond acceptors (Lipinski definition) is 4. The minimum atomic E-state index is -0.546. The van der Waals surface area contributed by atoms with Crippen LogP contribution < -0.4 is 15.4 Å². The Morgan fingerprint density at radius 2 is 1.57 bits per heavy atom. The number of ketones is 1. The number of methoxy groups -OCH3 is 1. The number of Topliss-reactive ketones (excluding diaryl/α,β-unsaturated/α-hetero) is 1. The summed E-state index contributed by atoms with van der Waals surface area (Å²) in [6.07, 6.45) is 5.88. The molecular weight excluding hydrogens is 380 g/mol. The van der Waals surface area contributed by atoms with Gasteiger partial charge in [0.05, 0.1) is 7.11 Å². The summed E-state index contributed by atoms with van der Waals surface area (Å²) >= 11 is 0. The molecule has 30 heavy (non-hydrogen) atoms. The second-order valence-electron chi connectivity index (χ2n) is 7.66. The monoisotopic (exact) mass is 408 g/mol. The Labute approximate surface area is 177 Å². The van der Waals surface area contributed by atoms with E-state index in [1.54, 1.807) is 31.4 Å². The number of benzene rings is 2. The maximum Gasteiger partial charge on any atom is 0.321 e. The predicted octanol–water partition coefficient (Wildman–Crippen LogP) is 4.14. The molecule has 3 rings (SSSR count). The first-order valence-electron chi connectivity index (χ1n) is 10.4. The quantitative estimate of drug-likeness (QED) is 0.643. The summed E-state index contributed by atoms with van der Waals surface area (Å²) in [7, 11) is 1.61. The van der Waals surface area contributed by atoms with Gasteiger partial charge in [0.1, 0.15) is 5.75 Å². The number of imide groups is 1. The SMILES string of the molecule is COc1ccc(CCNC(=O)NC(=O)c2ccc(C(=O)CC3CCCC3)cc2)cc1. The smallest absolute Gasteiger partial charge is 0.321 e. The molecular formula is C24H28N2O4. The summed E-state index contributed by atoms with van der Waals surface area (Å²) in [5.41, 5.74) is 2.01. The molecule has 0 spiro atoms. The van der Waals surface area contributed by atoms with Gasteiger partial charge in [0, 0.05) is 24.1 Å². The van der Waals surface area contributed by atoms with Crippen molar-refractivity contribution in [3.63, 3.8) is 0 Å². The topological polar surface area (TPSA) is 84.5 Å². The molecule has 0 aliphatic heterocycles. The lowest BCUT2D eigenvalue weighted by Crippen LogP contribution is -2.40. The van der Waals surface area contributed by atoms with E-state index in [4.69, 9.17) is 4.74 Å². The lowest BCUT2D eigenvalue weighted by atomic mass is 9.96. The van der Waals surface area contributed by atoms with Crippen LogP contribution in [0.5, 0.6) is 5.75 Å². The van der Waals surface area contributed by atoms with Crippen LogP contribution in [-0.2, 0) is 6.42 Å². The number of amides is 3. The van der Waals surface area contributed by atoms with Gasteiger partial charge in [-0.05, 0) is 42.2 Å². The summed E-state index contributed by atoms with van der Waals surface area (Å²) in [5, 5.41) is 4.99. The molecule has 0 saturated heterocycles. The van der Waals surface area contributed by atoms with Gasteiger partial charge in [0.2, 0.25) is 0 Å². The molecule has 158 valence electrons. The molecule has 0 heterocycles. The van der Waals surface area contributed by atoms with Crippen LogP contribution in [-0.4, -0.2) is 31.4 Å². The van der Waals surface area contributed by atoms with E-state index in [0.717, 1.165) is 24.2 Å². The molecule has 0 bridgehead atoms. The van der Waals surface area contributed by atoms with Crippen molar-refractivity contribution >= 4 is 17.7 Å². The fourth-order valence-electron chi connectivity index (χ4n) is 3.73. The molecule has 2 aromatic carbocycles. The van der Waals surface area contributed by atoms with Gasteiger partial charge >= 0.3 is 6.03 Å². The number of carbonyl (C=O) groups excluding carboxylic acids is 3. The van der Waals surface area contributed by atoms with E-state index < -0.39 is 11.9 Å². The van der Waals surface area contributed by atoms with Crippen molar-refractivity contribution < 1.29 is 19.1 Å². The second kappa shape index (κ2) is 10.6. The van der Waals surface area contributed by atoms with Crippen LogP contribution >= 0.6 is 0 Å². The summed E-state index contributed by atoms with van der Waals surface area (Å²) in [5.74, 6) is 0.889. The zero-order valence-electron chi connectivity index (χ0n) is 17.3. The lowest BCUT2D eigenvalue weighted by molar-refractivity contribution is 0.0950. The maximum atomic E-state index is 12.4. The molecule has 0 atom stereocenters. The molecule has 1 aliphatic carbocycles. The van der Waals surface area contributed by atoms with Crippen LogP contribution in [0.1, 0.15) is 58.4 Å². The Morgan fingerprint density at radius 1 is 0.933 bits per heavy atom. The number of rotatable bonds is 8. The molecule has 0 radical (unpaired) electrons. The third-order valence-corrected chi connectivity index (χ3v) is 5.50. The van der Waals surface area contributed by atoms with Gasteiger partial charge in [0.15, 0.2) is 5.78 Å². The van der Waals surface area contributed by atoms with Crippen LogP contribution in [0.4, 0.5) is 4.79 Å². The van der Waals surface area contributed by atoms with Gasteiger partial charge in [-0.25, -0.2) is 4.79 Å². The van der Waals surface area contributed by atoms with E-state index in [1.807, 2.05) is 24.3 Å². The van der Waals surface area contributed by atoms with E-state index in [-0.39, 0.29) is 5.78 Å². The molecule has 2 N–H and O–H groups in total.